The number of anilines is 3. The van der Waals surface area contributed by atoms with Gasteiger partial charge in [0.15, 0.2) is 0 Å². The van der Waals surface area contributed by atoms with Gasteiger partial charge in [-0.2, -0.15) is 13.2 Å². The SMILES string of the molecule is CCCNc1ccc(C(F)(F)F)cc1NC(=O)c1ccc2c(c1)NC(=O)C2. The number of rotatable bonds is 5. The highest BCUT2D eigenvalue weighted by molar-refractivity contribution is 6.08. The van der Waals surface area contributed by atoms with Crippen molar-refractivity contribution in [3.8, 4) is 0 Å². The van der Waals surface area contributed by atoms with Crippen LogP contribution < -0.4 is 16.0 Å². The Morgan fingerprint density at radius 2 is 1.93 bits per heavy atom. The second kappa shape index (κ2) is 7.30. The van der Waals surface area contributed by atoms with E-state index in [9.17, 15) is 22.8 Å². The highest BCUT2D eigenvalue weighted by Crippen LogP contribution is 2.34. The molecule has 0 spiro atoms. The molecular weight excluding hydrogens is 359 g/mol. The van der Waals surface area contributed by atoms with Gasteiger partial charge in [0, 0.05) is 17.8 Å². The summed E-state index contributed by atoms with van der Waals surface area (Å²) >= 11 is 0. The van der Waals surface area contributed by atoms with E-state index < -0.39 is 17.6 Å². The van der Waals surface area contributed by atoms with Gasteiger partial charge in [-0.05, 0) is 42.3 Å². The van der Waals surface area contributed by atoms with E-state index in [0.29, 0.717) is 17.9 Å². The second-order valence-electron chi connectivity index (χ2n) is 6.24. The van der Waals surface area contributed by atoms with Crippen LogP contribution >= 0.6 is 0 Å². The van der Waals surface area contributed by atoms with Crippen molar-refractivity contribution in [2.24, 2.45) is 0 Å². The molecule has 1 heterocycles. The first-order valence-corrected chi connectivity index (χ1v) is 8.47. The Hall–Kier alpha value is -3.03. The third kappa shape index (κ3) is 4.21. The van der Waals surface area contributed by atoms with Crippen LogP contribution in [0.1, 0.15) is 34.8 Å². The number of carbonyl (C=O) groups is 2. The number of nitrogens with one attached hydrogen (secondary N) is 3. The fourth-order valence-electron chi connectivity index (χ4n) is 2.79. The number of alkyl halides is 3. The maximum Gasteiger partial charge on any atom is 0.416 e. The first-order chi connectivity index (χ1) is 12.8. The molecule has 0 saturated carbocycles. The maximum absolute atomic E-state index is 13.0. The Morgan fingerprint density at radius 1 is 1.15 bits per heavy atom. The lowest BCUT2D eigenvalue weighted by molar-refractivity contribution is -0.137. The van der Waals surface area contributed by atoms with Gasteiger partial charge < -0.3 is 16.0 Å². The molecule has 27 heavy (non-hydrogen) atoms. The van der Waals surface area contributed by atoms with Crippen molar-refractivity contribution in [3.63, 3.8) is 0 Å². The highest BCUT2D eigenvalue weighted by atomic mass is 19.4. The molecule has 5 nitrogen and oxygen atoms in total. The zero-order valence-corrected chi connectivity index (χ0v) is 14.5. The summed E-state index contributed by atoms with van der Waals surface area (Å²) in [5.41, 5.74) is 1.18. The lowest BCUT2D eigenvalue weighted by Crippen LogP contribution is -2.15. The summed E-state index contributed by atoms with van der Waals surface area (Å²) in [4.78, 5) is 24.0. The van der Waals surface area contributed by atoms with Gasteiger partial charge in [0.2, 0.25) is 5.91 Å². The molecule has 2 aromatic carbocycles. The lowest BCUT2D eigenvalue weighted by atomic mass is 10.1. The zero-order valence-electron chi connectivity index (χ0n) is 14.5. The average molecular weight is 377 g/mol. The number of carbonyl (C=O) groups excluding carboxylic acids is 2. The molecule has 1 aliphatic heterocycles. The average Bonchev–Trinajstić information content (AvgIpc) is 2.98. The molecule has 0 atom stereocenters. The predicted molar refractivity (Wildman–Crippen MR) is 97.0 cm³/mol. The second-order valence-corrected chi connectivity index (χ2v) is 6.24. The number of halogens is 3. The summed E-state index contributed by atoms with van der Waals surface area (Å²) in [7, 11) is 0. The van der Waals surface area contributed by atoms with Crippen molar-refractivity contribution in [1.82, 2.24) is 0 Å². The zero-order chi connectivity index (χ0) is 19.6. The Labute approximate surface area is 154 Å². The summed E-state index contributed by atoms with van der Waals surface area (Å²) in [6.45, 7) is 2.48. The van der Waals surface area contributed by atoms with Crippen LogP contribution in [0, 0.1) is 0 Å². The van der Waals surface area contributed by atoms with Gasteiger partial charge in [0.05, 0.1) is 23.4 Å². The summed E-state index contributed by atoms with van der Waals surface area (Å²) in [6.07, 6.45) is -3.49. The summed E-state index contributed by atoms with van der Waals surface area (Å²) in [5, 5.41) is 8.19. The van der Waals surface area contributed by atoms with Crippen molar-refractivity contribution >= 4 is 28.9 Å². The third-order valence-corrected chi connectivity index (χ3v) is 4.16. The van der Waals surface area contributed by atoms with E-state index >= 15 is 0 Å². The normalized spacial score (nSPS) is 13.1. The molecule has 2 aromatic rings. The van der Waals surface area contributed by atoms with Gasteiger partial charge in [-0.1, -0.05) is 13.0 Å². The first kappa shape index (κ1) is 18.8. The Balaban J connectivity index is 1.87. The fraction of sp³-hybridized carbons (Fsp3) is 0.263. The maximum atomic E-state index is 13.0. The van der Waals surface area contributed by atoms with E-state index in [2.05, 4.69) is 16.0 Å². The molecule has 1 aliphatic rings. The Morgan fingerprint density at radius 3 is 2.63 bits per heavy atom. The minimum absolute atomic E-state index is 0.0489. The third-order valence-electron chi connectivity index (χ3n) is 4.16. The number of amides is 2. The lowest BCUT2D eigenvalue weighted by Gasteiger charge is -2.16. The molecule has 0 aliphatic carbocycles. The molecule has 2 amide bonds. The molecule has 3 N–H and O–H groups in total. The molecule has 3 rings (SSSR count). The molecule has 8 heteroatoms. The van der Waals surface area contributed by atoms with Crippen LogP contribution in [0.2, 0.25) is 0 Å². The molecule has 0 fully saturated rings. The number of hydrogen-bond acceptors (Lipinski definition) is 3. The van der Waals surface area contributed by atoms with E-state index in [1.165, 1.54) is 12.1 Å². The van der Waals surface area contributed by atoms with Gasteiger partial charge in [0.25, 0.3) is 5.91 Å². The minimum Gasteiger partial charge on any atom is -0.383 e. The molecule has 0 aromatic heterocycles. The van der Waals surface area contributed by atoms with Crippen molar-refractivity contribution in [1.29, 1.82) is 0 Å². The molecule has 0 radical (unpaired) electrons. The van der Waals surface area contributed by atoms with Crippen LogP contribution in [-0.2, 0) is 17.4 Å². The summed E-state index contributed by atoms with van der Waals surface area (Å²) in [6, 6.07) is 7.90. The largest absolute Gasteiger partial charge is 0.416 e. The van der Waals surface area contributed by atoms with Crippen LogP contribution in [0.3, 0.4) is 0 Å². The molecule has 0 bridgehead atoms. The van der Waals surface area contributed by atoms with Crippen LogP contribution in [-0.4, -0.2) is 18.4 Å². The first-order valence-electron chi connectivity index (χ1n) is 8.47. The van der Waals surface area contributed by atoms with Gasteiger partial charge in [0.1, 0.15) is 0 Å². The molecular formula is C19H18F3N3O2. The minimum atomic E-state index is -4.51. The standard InChI is InChI=1S/C19H18F3N3O2/c1-2-7-23-14-6-5-13(19(20,21)22)10-16(14)25-18(27)12-4-3-11-9-17(26)24-15(11)8-12/h3-6,8,10,23H,2,7,9H2,1H3,(H,24,26)(H,25,27). The van der Waals surface area contributed by atoms with E-state index in [1.807, 2.05) is 6.92 Å². The summed E-state index contributed by atoms with van der Waals surface area (Å²) < 4.78 is 39.1. The smallest absolute Gasteiger partial charge is 0.383 e. The van der Waals surface area contributed by atoms with E-state index in [-0.39, 0.29) is 23.6 Å². The quantitative estimate of drug-likeness (QED) is 0.729. The summed E-state index contributed by atoms with van der Waals surface area (Å²) in [5.74, 6) is -0.718. The van der Waals surface area contributed by atoms with Crippen LogP contribution in [0.5, 0.6) is 0 Å². The van der Waals surface area contributed by atoms with E-state index in [0.717, 1.165) is 24.1 Å². The molecule has 0 saturated heterocycles. The highest BCUT2D eigenvalue weighted by Gasteiger charge is 2.31. The van der Waals surface area contributed by atoms with Crippen molar-refractivity contribution in [2.45, 2.75) is 25.9 Å². The Kier molecular flexibility index (Phi) is 5.07. The van der Waals surface area contributed by atoms with Gasteiger partial charge in [-0.15, -0.1) is 0 Å². The van der Waals surface area contributed by atoms with Crippen molar-refractivity contribution in [3.05, 3.63) is 53.1 Å². The van der Waals surface area contributed by atoms with Crippen molar-refractivity contribution < 1.29 is 22.8 Å². The van der Waals surface area contributed by atoms with Gasteiger partial charge in [-0.3, -0.25) is 9.59 Å². The number of fused-ring (bicyclic) bond motifs is 1. The van der Waals surface area contributed by atoms with Crippen molar-refractivity contribution in [2.75, 3.05) is 22.5 Å². The predicted octanol–water partition coefficient (Wildman–Crippen LogP) is 4.27. The van der Waals surface area contributed by atoms with Gasteiger partial charge in [-0.25, -0.2) is 0 Å². The van der Waals surface area contributed by atoms with Crippen LogP contribution in [0.4, 0.5) is 30.2 Å². The topological polar surface area (TPSA) is 70.2 Å². The monoisotopic (exact) mass is 377 g/mol. The number of benzene rings is 2. The molecule has 142 valence electrons. The van der Waals surface area contributed by atoms with E-state index in [4.69, 9.17) is 0 Å². The molecule has 0 unspecified atom stereocenters. The van der Waals surface area contributed by atoms with Crippen LogP contribution in [0.15, 0.2) is 36.4 Å². The van der Waals surface area contributed by atoms with Crippen LogP contribution in [0.25, 0.3) is 0 Å². The Bertz CT molecular complexity index is 894. The number of hydrogen-bond donors (Lipinski definition) is 3. The fourth-order valence-corrected chi connectivity index (χ4v) is 2.79. The van der Waals surface area contributed by atoms with Gasteiger partial charge >= 0.3 is 6.18 Å². The van der Waals surface area contributed by atoms with E-state index in [1.54, 1.807) is 12.1 Å².